The van der Waals surface area contributed by atoms with Crippen molar-refractivity contribution in [3.8, 4) is 11.4 Å². The SMILES string of the molecule is Cc1cccc(NC(=O)c2cc(NCc3ccccn3)nc(-c3ccccc3)n2)c1. The van der Waals surface area contributed by atoms with E-state index in [0.29, 0.717) is 18.2 Å². The summed E-state index contributed by atoms with van der Waals surface area (Å²) in [4.78, 5) is 26.3. The van der Waals surface area contributed by atoms with Gasteiger partial charge in [-0.2, -0.15) is 0 Å². The van der Waals surface area contributed by atoms with Crippen LogP contribution in [0.4, 0.5) is 11.5 Å². The number of hydrogen-bond acceptors (Lipinski definition) is 5. The van der Waals surface area contributed by atoms with Crippen LogP contribution in [0.25, 0.3) is 11.4 Å². The molecule has 0 spiro atoms. The predicted molar refractivity (Wildman–Crippen MR) is 118 cm³/mol. The molecule has 1 amide bonds. The third-order valence-corrected chi connectivity index (χ3v) is 4.44. The fourth-order valence-corrected chi connectivity index (χ4v) is 2.97. The van der Waals surface area contributed by atoms with Crippen LogP contribution >= 0.6 is 0 Å². The van der Waals surface area contributed by atoms with Crippen molar-refractivity contribution in [3.05, 3.63) is 102 Å². The van der Waals surface area contributed by atoms with Crippen LogP contribution in [0.15, 0.2) is 85.1 Å². The Hall–Kier alpha value is -4.06. The first kappa shape index (κ1) is 19.3. The lowest BCUT2D eigenvalue weighted by Gasteiger charge is -2.11. The smallest absolute Gasteiger partial charge is 0.274 e. The zero-order valence-electron chi connectivity index (χ0n) is 16.5. The van der Waals surface area contributed by atoms with Gasteiger partial charge in [0.2, 0.25) is 0 Å². The number of rotatable bonds is 6. The average molecular weight is 395 g/mol. The van der Waals surface area contributed by atoms with Crippen LogP contribution in [-0.4, -0.2) is 20.9 Å². The highest BCUT2D eigenvalue weighted by Crippen LogP contribution is 2.19. The number of carbonyl (C=O) groups is 1. The van der Waals surface area contributed by atoms with E-state index >= 15 is 0 Å². The molecule has 2 aromatic heterocycles. The van der Waals surface area contributed by atoms with E-state index in [4.69, 9.17) is 0 Å². The number of amides is 1. The van der Waals surface area contributed by atoms with Gasteiger partial charge in [0, 0.05) is 23.5 Å². The van der Waals surface area contributed by atoms with Gasteiger partial charge in [0.1, 0.15) is 11.5 Å². The number of anilines is 2. The average Bonchev–Trinajstić information content (AvgIpc) is 2.79. The van der Waals surface area contributed by atoms with Crippen LogP contribution in [-0.2, 0) is 6.54 Å². The van der Waals surface area contributed by atoms with E-state index in [0.717, 1.165) is 22.5 Å². The first-order valence-electron chi connectivity index (χ1n) is 9.64. The summed E-state index contributed by atoms with van der Waals surface area (Å²) in [6.45, 7) is 2.47. The van der Waals surface area contributed by atoms with Crippen LogP contribution in [0.5, 0.6) is 0 Å². The van der Waals surface area contributed by atoms with E-state index in [1.54, 1.807) is 12.3 Å². The first-order valence-corrected chi connectivity index (χ1v) is 9.64. The molecule has 2 heterocycles. The van der Waals surface area contributed by atoms with Crippen molar-refractivity contribution in [2.24, 2.45) is 0 Å². The molecule has 0 radical (unpaired) electrons. The largest absolute Gasteiger partial charge is 0.364 e. The van der Waals surface area contributed by atoms with Crippen LogP contribution in [0.1, 0.15) is 21.7 Å². The van der Waals surface area contributed by atoms with Crippen molar-refractivity contribution in [1.82, 2.24) is 15.0 Å². The summed E-state index contributed by atoms with van der Waals surface area (Å²) >= 11 is 0. The molecule has 6 nitrogen and oxygen atoms in total. The standard InChI is InChI=1S/C24H21N5O/c1-17-8-7-12-19(14-17)27-24(30)21-15-22(26-16-20-11-5-6-13-25-20)29-23(28-21)18-9-3-2-4-10-18/h2-15H,16H2,1H3,(H,27,30)(H,26,28,29). The van der Waals surface area contributed by atoms with Crippen LogP contribution in [0.2, 0.25) is 0 Å². The number of nitrogens with one attached hydrogen (secondary N) is 2. The lowest BCUT2D eigenvalue weighted by molar-refractivity contribution is 0.102. The van der Waals surface area contributed by atoms with Gasteiger partial charge in [-0.1, -0.05) is 48.5 Å². The van der Waals surface area contributed by atoms with E-state index in [2.05, 4.69) is 25.6 Å². The molecule has 0 saturated carbocycles. The lowest BCUT2D eigenvalue weighted by atomic mass is 10.2. The molecule has 0 bridgehead atoms. The summed E-state index contributed by atoms with van der Waals surface area (Å²) in [5, 5.41) is 6.16. The maximum atomic E-state index is 12.9. The zero-order chi connectivity index (χ0) is 20.8. The minimum Gasteiger partial charge on any atom is -0.364 e. The summed E-state index contributed by atoms with van der Waals surface area (Å²) in [5.41, 5.74) is 3.79. The Morgan fingerprint density at radius 3 is 2.50 bits per heavy atom. The van der Waals surface area contributed by atoms with Crippen LogP contribution < -0.4 is 10.6 Å². The van der Waals surface area contributed by atoms with Gasteiger partial charge in [0.15, 0.2) is 5.82 Å². The number of hydrogen-bond donors (Lipinski definition) is 2. The second-order valence-corrected chi connectivity index (χ2v) is 6.83. The Labute approximate surface area is 175 Å². The molecule has 0 saturated heterocycles. The molecule has 2 N–H and O–H groups in total. The number of aromatic nitrogens is 3. The highest BCUT2D eigenvalue weighted by Gasteiger charge is 2.14. The predicted octanol–water partition coefficient (Wildman–Crippen LogP) is 4.71. The summed E-state index contributed by atoms with van der Waals surface area (Å²) in [7, 11) is 0. The molecule has 0 fully saturated rings. The van der Waals surface area contributed by atoms with E-state index in [1.165, 1.54) is 0 Å². The van der Waals surface area contributed by atoms with Gasteiger partial charge in [0.25, 0.3) is 5.91 Å². The van der Waals surface area contributed by atoms with E-state index in [1.807, 2.05) is 79.7 Å². The third kappa shape index (κ3) is 4.86. The monoisotopic (exact) mass is 395 g/mol. The highest BCUT2D eigenvalue weighted by molar-refractivity contribution is 6.03. The van der Waals surface area contributed by atoms with Gasteiger partial charge in [-0.05, 0) is 36.8 Å². The molecular weight excluding hydrogens is 374 g/mol. The lowest BCUT2D eigenvalue weighted by Crippen LogP contribution is -2.16. The summed E-state index contributed by atoms with van der Waals surface area (Å²) in [5.74, 6) is 0.751. The molecular formula is C24H21N5O. The van der Waals surface area contributed by atoms with Crippen molar-refractivity contribution in [2.75, 3.05) is 10.6 Å². The van der Waals surface area contributed by atoms with Gasteiger partial charge >= 0.3 is 0 Å². The Morgan fingerprint density at radius 2 is 1.73 bits per heavy atom. The second-order valence-electron chi connectivity index (χ2n) is 6.83. The Balaban J connectivity index is 1.63. The quantitative estimate of drug-likeness (QED) is 0.494. The van der Waals surface area contributed by atoms with Crippen molar-refractivity contribution in [1.29, 1.82) is 0 Å². The molecule has 148 valence electrons. The molecule has 0 unspecified atom stereocenters. The van der Waals surface area contributed by atoms with Gasteiger partial charge in [-0.3, -0.25) is 9.78 Å². The van der Waals surface area contributed by atoms with E-state index < -0.39 is 0 Å². The summed E-state index contributed by atoms with van der Waals surface area (Å²) < 4.78 is 0. The summed E-state index contributed by atoms with van der Waals surface area (Å²) in [6, 6.07) is 24.6. The van der Waals surface area contributed by atoms with Crippen molar-refractivity contribution >= 4 is 17.4 Å². The van der Waals surface area contributed by atoms with Gasteiger partial charge in [-0.25, -0.2) is 9.97 Å². The minimum absolute atomic E-state index is 0.286. The Bertz CT molecular complexity index is 1150. The first-order chi connectivity index (χ1) is 14.7. The van der Waals surface area contributed by atoms with Crippen molar-refractivity contribution in [3.63, 3.8) is 0 Å². The van der Waals surface area contributed by atoms with E-state index in [-0.39, 0.29) is 11.6 Å². The summed E-state index contributed by atoms with van der Waals surface area (Å²) in [6.07, 6.45) is 1.74. The number of carbonyl (C=O) groups excluding carboxylic acids is 1. The normalized spacial score (nSPS) is 10.4. The Kier molecular flexibility index (Phi) is 5.75. The molecule has 0 aliphatic heterocycles. The number of benzene rings is 2. The fourth-order valence-electron chi connectivity index (χ4n) is 2.97. The van der Waals surface area contributed by atoms with Crippen molar-refractivity contribution < 1.29 is 4.79 Å². The van der Waals surface area contributed by atoms with Crippen LogP contribution in [0, 0.1) is 6.92 Å². The highest BCUT2D eigenvalue weighted by atomic mass is 16.1. The topological polar surface area (TPSA) is 79.8 Å². The molecule has 30 heavy (non-hydrogen) atoms. The van der Waals surface area contributed by atoms with Gasteiger partial charge in [0.05, 0.1) is 12.2 Å². The third-order valence-electron chi connectivity index (χ3n) is 4.44. The molecule has 0 atom stereocenters. The number of nitrogens with zero attached hydrogens (tertiary/aromatic N) is 3. The second kappa shape index (κ2) is 8.96. The number of aryl methyl sites for hydroxylation is 1. The van der Waals surface area contributed by atoms with Crippen molar-refractivity contribution in [2.45, 2.75) is 13.5 Å². The molecule has 0 aliphatic carbocycles. The fraction of sp³-hybridized carbons (Fsp3) is 0.0833. The molecule has 4 rings (SSSR count). The van der Waals surface area contributed by atoms with Crippen LogP contribution in [0.3, 0.4) is 0 Å². The van der Waals surface area contributed by atoms with Gasteiger partial charge in [-0.15, -0.1) is 0 Å². The molecule has 6 heteroatoms. The molecule has 0 aliphatic rings. The Morgan fingerprint density at radius 1 is 0.900 bits per heavy atom. The maximum absolute atomic E-state index is 12.9. The number of pyridine rings is 1. The molecule has 2 aromatic carbocycles. The zero-order valence-corrected chi connectivity index (χ0v) is 16.5. The maximum Gasteiger partial charge on any atom is 0.274 e. The van der Waals surface area contributed by atoms with E-state index in [9.17, 15) is 4.79 Å². The molecule has 4 aromatic rings. The minimum atomic E-state index is -0.291. The van der Waals surface area contributed by atoms with Gasteiger partial charge < -0.3 is 10.6 Å².